The monoisotopic (exact) mass is 179 g/mol. The highest BCUT2D eigenvalue weighted by Gasteiger charge is 2.15. The molecule has 6 heteroatoms. The normalized spacial score (nSPS) is 8.92. The van der Waals surface area contributed by atoms with Crippen LogP contribution in [-0.4, -0.2) is 4.92 Å². The van der Waals surface area contributed by atoms with Crippen LogP contribution in [0.3, 0.4) is 0 Å². The first-order valence-corrected chi connectivity index (χ1v) is 3.24. The third-order valence-corrected chi connectivity index (χ3v) is 1.41. The lowest BCUT2D eigenvalue weighted by atomic mass is 10.2. The fourth-order valence-corrected chi connectivity index (χ4v) is 0.829. The van der Waals surface area contributed by atoms with Gasteiger partial charge in [-0.25, -0.2) is 0 Å². The molecule has 0 heterocycles. The van der Waals surface area contributed by atoms with Gasteiger partial charge in [0.1, 0.15) is 0 Å². The van der Waals surface area contributed by atoms with Gasteiger partial charge < -0.3 is 4.84 Å². The molecule has 1 aromatic rings. The molecule has 1 aromatic carbocycles. The van der Waals surface area contributed by atoms with E-state index in [9.17, 15) is 10.1 Å². The van der Waals surface area contributed by atoms with Gasteiger partial charge in [-0.15, -0.1) is 0 Å². The summed E-state index contributed by atoms with van der Waals surface area (Å²) in [6.45, 7) is 0. The smallest absolute Gasteiger partial charge is 0.314 e. The highest BCUT2D eigenvalue weighted by Crippen LogP contribution is 2.26. The summed E-state index contributed by atoms with van der Waals surface area (Å²) in [5.74, 6) is 4.73. The second kappa shape index (κ2) is 3.51. The Balaban J connectivity index is 3.28. The lowest BCUT2D eigenvalue weighted by molar-refractivity contribution is -0.385. The Labute approximate surface area is 73.2 Å². The minimum Gasteiger partial charge on any atom is -0.404 e. The van der Waals surface area contributed by atoms with Gasteiger partial charge in [-0.05, 0) is 12.1 Å². The van der Waals surface area contributed by atoms with Crippen molar-refractivity contribution in [2.24, 2.45) is 5.90 Å². The van der Waals surface area contributed by atoms with Crippen molar-refractivity contribution in [2.75, 3.05) is 0 Å². The SMILES string of the molecule is N#Cc1ccc(ON)c([N+](=O)[O-])c1. The zero-order valence-electron chi connectivity index (χ0n) is 6.43. The number of nitriles is 1. The van der Waals surface area contributed by atoms with Gasteiger partial charge in [-0.2, -0.15) is 11.2 Å². The van der Waals surface area contributed by atoms with E-state index >= 15 is 0 Å². The minimum absolute atomic E-state index is 0.0657. The number of rotatable bonds is 2. The second-order valence-electron chi connectivity index (χ2n) is 2.17. The van der Waals surface area contributed by atoms with E-state index in [0.717, 1.165) is 6.07 Å². The van der Waals surface area contributed by atoms with Gasteiger partial charge in [0.2, 0.25) is 5.75 Å². The third-order valence-electron chi connectivity index (χ3n) is 1.41. The van der Waals surface area contributed by atoms with Crippen LogP contribution in [0.2, 0.25) is 0 Å². The van der Waals surface area contributed by atoms with Crippen LogP contribution in [0.1, 0.15) is 5.56 Å². The van der Waals surface area contributed by atoms with Crippen molar-refractivity contribution in [3.05, 3.63) is 33.9 Å². The van der Waals surface area contributed by atoms with Gasteiger partial charge in [-0.3, -0.25) is 10.1 Å². The fourth-order valence-electron chi connectivity index (χ4n) is 0.829. The van der Waals surface area contributed by atoms with Crippen LogP contribution in [0.15, 0.2) is 18.2 Å². The molecule has 66 valence electrons. The molecule has 0 fully saturated rings. The Hall–Kier alpha value is -2.13. The molecule has 0 saturated heterocycles. The first-order chi connectivity index (χ1) is 6.19. The molecule has 0 aliphatic rings. The molecule has 0 aliphatic carbocycles. The van der Waals surface area contributed by atoms with Gasteiger partial charge in [0, 0.05) is 6.07 Å². The minimum atomic E-state index is -0.664. The highest BCUT2D eigenvalue weighted by molar-refractivity contribution is 5.51. The van der Waals surface area contributed by atoms with E-state index in [-0.39, 0.29) is 17.0 Å². The molecule has 0 aliphatic heterocycles. The number of nitro benzene ring substituents is 1. The molecule has 0 atom stereocenters. The maximum absolute atomic E-state index is 10.4. The van der Waals surface area contributed by atoms with Crippen molar-refractivity contribution in [3.8, 4) is 11.8 Å². The zero-order valence-corrected chi connectivity index (χ0v) is 6.43. The maximum Gasteiger partial charge on any atom is 0.314 e. The Morgan fingerprint density at radius 1 is 1.62 bits per heavy atom. The molecular weight excluding hydrogens is 174 g/mol. The molecule has 0 aromatic heterocycles. The van der Waals surface area contributed by atoms with Crippen LogP contribution >= 0.6 is 0 Å². The van der Waals surface area contributed by atoms with Crippen molar-refractivity contribution in [1.82, 2.24) is 0 Å². The van der Waals surface area contributed by atoms with Crippen LogP contribution < -0.4 is 10.7 Å². The largest absolute Gasteiger partial charge is 0.404 e. The molecule has 0 spiro atoms. The van der Waals surface area contributed by atoms with E-state index in [0.29, 0.717) is 0 Å². The average molecular weight is 179 g/mol. The van der Waals surface area contributed by atoms with Crippen molar-refractivity contribution < 1.29 is 9.76 Å². The molecule has 13 heavy (non-hydrogen) atoms. The molecule has 2 N–H and O–H groups in total. The first kappa shape index (κ1) is 8.96. The summed E-state index contributed by atoms with van der Waals surface area (Å²) in [5.41, 5.74) is -0.131. The average Bonchev–Trinajstić information content (AvgIpc) is 2.16. The summed E-state index contributed by atoms with van der Waals surface area (Å²) < 4.78 is 0. The lowest BCUT2D eigenvalue weighted by Gasteiger charge is -1.99. The van der Waals surface area contributed by atoms with Crippen molar-refractivity contribution in [3.63, 3.8) is 0 Å². The first-order valence-electron chi connectivity index (χ1n) is 3.24. The van der Waals surface area contributed by atoms with Crippen molar-refractivity contribution >= 4 is 5.69 Å². The summed E-state index contributed by atoms with van der Waals surface area (Å²) in [5, 5.41) is 18.9. The van der Waals surface area contributed by atoms with E-state index in [4.69, 9.17) is 11.2 Å². The van der Waals surface area contributed by atoms with Gasteiger partial charge in [-0.1, -0.05) is 0 Å². The molecule has 0 amide bonds. The Morgan fingerprint density at radius 3 is 2.77 bits per heavy atom. The van der Waals surface area contributed by atoms with Gasteiger partial charge in [0.05, 0.1) is 16.6 Å². The highest BCUT2D eigenvalue weighted by atomic mass is 16.6. The van der Waals surface area contributed by atoms with E-state index < -0.39 is 4.92 Å². The summed E-state index contributed by atoms with van der Waals surface area (Å²) in [6, 6.07) is 5.53. The number of hydrogen-bond acceptors (Lipinski definition) is 5. The van der Waals surface area contributed by atoms with Gasteiger partial charge in [0.15, 0.2) is 0 Å². The predicted octanol–water partition coefficient (Wildman–Crippen LogP) is 0.719. The molecule has 0 saturated carbocycles. The van der Waals surface area contributed by atoms with Crippen molar-refractivity contribution in [1.29, 1.82) is 5.26 Å². The molecule has 0 bridgehead atoms. The predicted molar refractivity (Wildman–Crippen MR) is 42.6 cm³/mol. The maximum atomic E-state index is 10.4. The molecular formula is C7H5N3O3. The van der Waals surface area contributed by atoms with Gasteiger partial charge in [0.25, 0.3) is 0 Å². The Morgan fingerprint density at radius 2 is 2.31 bits per heavy atom. The zero-order chi connectivity index (χ0) is 9.84. The van der Waals surface area contributed by atoms with Crippen LogP contribution in [0.5, 0.6) is 5.75 Å². The number of nitro groups is 1. The Bertz CT molecular complexity index is 383. The van der Waals surface area contributed by atoms with Crippen LogP contribution in [0.4, 0.5) is 5.69 Å². The van der Waals surface area contributed by atoms with E-state index in [1.54, 1.807) is 6.07 Å². The van der Waals surface area contributed by atoms with Gasteiger partial charge >= 0.3 is 5.69 Å². The van der Waals surface area contributed by atoms with E-state index in [1.165, 1.54) is 12.1 Å². The standard InChI is InChI=1S/C7H5N3O3/c8-4-5-1-2-7(13-9)6(3-5)10(11)12/h1-3H,9H2. The number of hydrogen-bond donors (Lipinski definition) is 1. The fraction of sp³-hybridized carbons (Fsp3) is 0. The molecule has 0 unspecified atom stereocenters. The van der Waals surface area contributed by atoms with E-state index in [1.807, 2.05) is 0 Å². The summed E-state index contributed by atoms with van der Waals surface area (Å²) in [6.07, 6.45) is 0. The number of nitrogens with zero attached hydrogens (tertiary/aromatic N) is 2. The molecule has 0 radical (unpaired) electrons. The van der Waals surface area contributed by atoms with E-state index in [2.05, 4.69) is 4.84 Å². The summed E-state index contributed by atoms with van der Waals surface area (Å²) in [4.78, 5) is 14.0. The third kappa shape index (κ3) is 1.72. The number of nitrogens with two attached hydrogens (primary N) is 1. The Kier molecular flexibility index (Phi) is 2.42. The topological polar surface area (TPSA) is 102 Å². The lowest BCUT2D eigenvalue weighted by Crippen LogP contribution is -2.04. The summed E-state index contributed by atoms with van der Waals surface area (Å²) >= 11 is 0. The quantitative estimate of drug-likeness (QED) is 0.532. The molecule has 6 nitrogen and oxygen atoms in total. The van der Waals surface area contributed by atoms with Crippen molar-refractivity contribution in [2.45, 2.75) is 0 Å². The second-order valence-corrected chi connectivity index (χ2v) is 2.17. The number of benzene rings is 1. The molecule has 1 rings (SSSR count). The van der Waals surface area contributed by atoms with Crippen LogP contribution in [0.25, 0.3) is 0 Å². The van der Waals surface area contributed by atoms with Crippen LogP contribution in [-0.2, 0) is 0 Å². The summed E-state index contributed by atoms with van der Waals surface area (Å²) in [7, 11) is 0. The van der Waals surface area contributed by atoms with Crippen LogP contribution in [0, 0.1) is 21.4 Å².